The van der Waals surface area contributed by atoms with Gasteiger partial charge in [-0.05, 0) is 18.6 Å². The molecule has 6 heteroatoms. The van der Waals surface area contributed by atoms with Crippen LogP contribution < -0.4 is 11.1 Å². The van der Waals surface area contributed by atoms with Crippen LogP contribution >= 0.6 is 11.3 Å². The number of anilines is 1. The number of carbonyl (C=O) groups is 1. The quantitative estimate of drug-likeness (QED) is 0.705. The first kappa shape index (κ1) is 14.8. The van der Waals surface area contributed by atoms with Crippen molar-refractivity contribution in [1.29, 1.82) is 0 Å². The number of rotatable bonds is 6. The largest absolute Gasteiger partial charge is 0.397 e. The first-order valence-corrected chi connectivity index (χ1v) is 7.20. The Morgan fingerprint density at radius 1 is 1.45 bits per heavy atom. The lowest BCUT2D eigenvalue weighted by Crippen LogP contribution is -2.27. The highest BCUT2D eigenvalue weighted by molar-refractivity contribution is 7.21. The Balaban J connectivity index is 2.04. The predicted molar refractivity (Wildman–Crippen MR) is 81.2 cm³/mol. The third-order valence-electron chi connectivity index (χ3n) is 2.86. The number of carbonyl (C=O) groups excluding carboxylic acids is 1. The molecule has 1 heterocycles. The number of benzene rings is 1. The maximum absolute atomic E-state index is 12.1. The topological polar surface area (TPSA) is 84.6 Å². The maximum Gasteiger partial charge on any atom is 0.263 e. The Bertz CT molecular complexity index is 610. The summed E-state index contributed by atoms with van der Waals surface area (Å²) in [5.74, 6) is -0.186. The molecule has 2 rings (SSSR count). The van der Waals surface area contributed by atoms with E-state index in [2.05, 4.69) is 5.32 Å². The highest BCUT2D eigenvalue weighted by Crippen LogP contribution is 2.33. The molecule has 0 aliphatic rings. The van der Waals surface area contributed by atoms with Gasteiger partial charge in [-0.1, -0.05) is 12.1 Å². The number of hydrogen-bond acceptors (Lipinski definition) is 5. The second kappa shape index (κ2) is 6.69. The van der Waals surface area contributed by atoms with Gasteiger partial charge in [-0.3, -0.25) is 4.79 Å². The summed E-state index contributed by atoms with van der Waals surface area (Å²) in [5, 5.41) is 12.2. The Kier molecular flexibility index (Phi) is 4.94. The van der Waals surface area contributed by atoms with Gasteiger partial charge >= 0.3 is 0 Å². The van der Waals surface area contributed by atoms with Gasteiger partial charge < -0.3 is 20.9 Å². The van der Waals surface area contributed by atoms with Crippen LogP contribution in [-0.4, -0.2) is 37.4 Å². The number of nitrogens with two attached hydrogens (primary N) is 1. The first-order chi connectivity index (χ1) is 9.63. The maximum atomic E-state index is 12.1. The number of amides is 1. The Hall–Kier alpha value is -1.63. The van der Waals surface area contributed by atoms with Crippen LogP contribution in [0.4, 0.5) is 5.69 Å². The molecule has 0 spiro atoms. The molecule has 0 saturated heterocycles. The fraction of sp³-hybridized carbons (Fsp3) is 0.357. The summed E-state index contributed by atoms with van der Waals surface area (Å²) in [5.41, 5.74) is 7.70. The van der Waals surface area contributed by atoms with Crippen molar-refractivity contribution in [3.8, 4) is 0 Å². The molecule has 0 unspecified atom stereocenters. The van der Waals surface area contributed by atoms with E-state index in [1.807, 2.05) is 25.1 Å². The van der Waals surface area contributed by atoms with Gasteiger partial charge in [0, 0.05) is 16.6 Å². The minimum absolute atomic E-state index is 0.0173. The molecular weight excluding hydrogens is 276 g/mol. The second-order valence-electron chi connectivity index (χ2n) is 4.44. The van der Waals surface area contributed by atoms with Crippen molar-refractivity contribution in [2.75, 3.05) is 32.1 Å². The number of aliphatic hydroxyl groups excluding tert-OH is 1. The molecule has 5 nitrogen and oxygen atoms in total. The van der Waals surface area contributed by atoms with Crippen LogP contribution in [0, 0.1) is 6.92 Å². The summed E-state index contributed by atoms with van der Waals surface area (Å²) in [6.07, 6.45) is 0. The van der Waals surface area contributed by atoms with Crippen LogP contribution in [0.3, 0.4) is 0 Å². The second-order valence-corrected chi connectivity index (χ2v) is 5.49. The minimum Gasteiger partial charge on any atom is -0.397 e. The van der Waals surface area contributed by atoms with Gasteiger partial charge in [0.05, 0.1) is 25.5 Å². The predicted octanol–water partition coefficient (Wildman–Crippen LogP) is 1.53. The lowest BCUT2D eigenvalue weighted by molar-refractivity contribution is 0.0841. The number of thiophene rings is 1. The molecule has 2 aromatic rings. The molecule has 4 N–H and O–H groups in total. The Morgan fingerprint density at radius 2 is 2.25 bits per heavy atom. The lowest BCUT2D eigenvalue weighted by atomic mass is 10.1. The van der Waals surface area contributed by atoms with Gasteiger partial charge in [0.2, 0.25) is 0 Å². The molecular formula is C14H18N2O3S. The van der Waals surface area contributed by atoms with Crippen LogP contribution in [0.1, 0.15) is 15.2 Å². The van der Waals surface area contributed by atoms with Crippen LogP contribution in [0.15, 0.2) is 18.2 Å². The van der Waals surface area contributed by atoms with Gasteiger partial charge in [0.15, 0.2) is 0 Å². The molecule has 108 valence electrons. The summed E-state index contributed by atoms with van der Waals surface area (Å²) >= 11 is 1.40. The normalized spacial score (nSPS) is 10.9. The van der Waals surface area contributed by atoms with Crippen LogP contribution in [0.2, 0.25) is 0 Å². The molecule has 0 aliphatic heterocycles. The summed E-state index contributed by atoms with van der Waals surface area (Å²) < 4.78 is 6.10. The van der Waals surface area contributed by atoms with Crippen molar-refractivity contribution in [1.82, 2.24) is 5.32 Å². The van der Waals surface area contributed by atoms with Gasteiger partial charge in [-0.2, -0.15) is 0 Å². The monoisotopic (exact) mass is 294 g/mol. The van der Waals surface area contributed by atoms with Crippen molar-refractivity contribution >= 4 is 33.0 Å². The van der Waals surface area contributed by atoms with E-state index in [1.54, 1.807) is 0 Å². The number of nitrogens with one attached hydrogen (secondary N) is 1. The first-order valence-electron chi connectivity index (χ1n) is 6.39. The van der Waals surface area contributed by atoms with Crippen molar-refractivity contribution in [2.45, 2.75) is 6.92 Å². The molecule has 0 saturated carbocycles. The van der Waals surface area contributed by atoms with E-state index >= 15 is 0 Å². The van der Waals surface area contributed by atoms with Crippen LogP contribution in [0.5, 0.6) is 0 Å². The molecule has 0 atom stereocenters. The number of nitrogen functional groups attached to an aromatic ring is 1. The zero-order valence-corrected chi connectivity index (χ0v) is 12.1. The summed E-state index contributed by atoms with van der Waals surface area (Å²) in [6.45, 7) is 3.03. The van der Waals surface area contributed by atoms with E-state index in [-0.39, 0.29) is 19.1 Å². The zero-order chi connectivity index (χ0) is 14.5. The fourth-order valence-electron chi connectivity index (χ4n) is 1.88. The lowest BCUT2D eigenvalue weighted by Gasteiger charge is -2.04. The van der Waals surface area contributed by atoms with Crippen molar-refractivity contribution < 1.29 is 14.6 Å². The SMILES string of the molecule is Cc1ccc2c(N)c(C(=O)NCCOCCO)sc2c1. The third-order valence-corrected chi connectivity index (χ3v) is 4.02. The highest BCUT2D eigenvalue weighted by atomic mass is 32.1. The zero-order valence-electron chi connectivity index (χ0n) is 11.3. The van der Waals surface area contributed by atoms with E-state index in [4.69, 9.17) is 15.6 Å². The van der Waals surface area contributed by atoms with E-state index in [0.29, 0.717) is 23.7 Å². The fourth-order valence-corrected chi connectivity index (χ4v) is 3.01. The Morgan fingerprint density at radius 3 is 3.00 bits per heavy atom. The smallest absolute Gasteiger partial charge is 0.263 e. The molecule has 0 fully saturated rings. The van der Waals surface area contributed by atoms with Crippen LogP contribution in [0.25, 0.3) is 10.1 Å². The number of aryl methyl sites for hydroxylation is 1. The van der Waals surface area contributed by atoms with Gasteiger partial charge in [0.25, 0.3) is 5.91 Å². The molecule has 0 bridgehead atoms. The van der Waals surface area contributed by atoms with Crippen LogP contribution in [-0.2, 0) is 4.74 Å². The molecule has 0 radical (unpaired) electrons. The van der Waals surface area contributed by atoms with E-state index < -0.39 is 0 Å². The number of fused-ring (bicyclic) bond motifs is 1. The average molecular weight is 294 g/mol. The molecule has 1 amide bonds. The third kappa shape index (κ3) is 3.27. The molecule has 1 aromatic heterocycles. The van der Waals surface area contributed by atoms with Gasteiger partial charge in [0.1, 0.15) is 4.88 Å². The molecule has 1 aromatic carbocycles. The van der Waals surface area contributed by atoms with E-state index in [1.165, 1.54) is 11.3 Å². The Labute approximate surface area is 121 Å². The average Bonchev–Trinajstić information content (AvgIpc) is 2.75. The number of hydrogen-bond donors (Lipinski definition) is 3. The van der Waals surface area contributed by atoms with Crippen molar-refractivity contribution in [2.24, 2.45) is 0 Å². The minimum atomic E-state index is -0.186. The molecule has 0 aliphatic carbocycles. The van der Waals surface area contributed by atoms with Gasteiger partial charge in [-0.15, -0.1) is 11.3 Å². The van der Waals surface area contributed by atoms with Crippen molar-refractivity contribution in [3.05, 3.63) is 28.6 Å². The number of aliphatic hydroxyl groups is 1. The van der Waals surface area contributed by atoms with E-state index in [9.17, 15) is 4.79 Å². The summed E-state index contributed by atoms with van der Waals surface area (Å²) in [6, 6.07) is 5.95. The standard InChI is InChI=1S/C14H18N2O3S/c1-9-2-3-10-11(8-9)20-13(12(10)15)14(18)16-4-6-19-7-5-17/h2-3,8,17H,4-7,15H2,1H3,(H,16,18). The molecule has 20 heavy (non-hydrogen) atoms. The van der Waals surface area contributed by atoms with E-state index in [0.717, 1.165) is 15.6 Å². The van der Waals surface area contributed by atoms with Crippen molar-refractivity contribution in [3.63, 3.8) is 0 Å². The number of ether oxygens (including phenoxy) is 1. The summed E-state index contributed by atoms with van der Waals surface area (Å²) in [7, 11) is 0. The van der Waals surface area contributed by atoms with Gasteiger partial charge in [-0.25, -0.2) is 0 Å². The highest BCUT2D eigenvalue weighted by Gasteiger charge is 2.15. The summed E-state index contributed by atoms with van der Waals surface area (Å²) in [4.78, 5) is 12.6.